The average Bonchev–Trinajstić information content (AvgIpc) is 2.06. The second kappa shape index (κ2) is 4.23. The van der Waals surface area contributed by atoms with Gasteiger partial charge < -0.3 is 11.1 Å². The van der Waals surface area contributed by atoms with Crippen molar-refractivity contribution in [3.05, 3.63) is 28.2 Å². The summed E-state index contributed by atoms with van der Waals surface area (Å²) >= 11 is 3.31. The van der Waals surface area contributed by atoms with Crippen LogP contribution in [0.4, 0.5) is 5.69 Å². The molecular formula is C11H15BrN2O. The van der Waals surface area contributed by atoms with Crippen molar-refractivity contribution in [3.8, 4) is 0 Å². The number of nitrogens with one attached hydrogen (secondary N) is 1. The Labute approximate surface area is 98.2 Å². The molecule has 1 rings (SSSR count). The van der Waals surface area contributed by atoms with E-state index in [0.29, 0.717) is 11.3 Å². The van der Waals surface area contributed by atoms with Crippen LogP contribution in [0.1, 0.15) is 31.1 Å². The maximum Gasteiger partial charge on any atom is 0.253 e. The highest BCUT2D eigenvalue weighted by molar-refractivity contribution is 9.10. The summed E-state index contributed by atoms with van der Waals surface area (Å²) in [4.78, 5) is 11.8. The fourth-order valence-electron chi connectivity index (χ4n) is 1.13. The first-order valence-corrected chi connectivity index (χ1v) is 5.46. The average molecular weight is 271 g/mol. The zero-order valence-corrected chi connectivity index (χ0v) is 10.7. The number of halogens is 1. The molecule has 3 N–H and O–H groups in total. The number of carbonyl (C=O) groups excluding carboxylic acids is 1. The van der Waals surface area contributed by atoms with Crippen LogP contribution in [0.3, 0.4) is 0 Å². The zero-order chi connectivity index (χ0) is 11.6. The lowest BCUT2D eigenvalue weighted by Crippen LogP contribution is -2.40. The number of benzene rings is 1. The van der Waals surface area contributed by atoms with E-state index in [1.807, 2.05) is 26.8 Å². The van der Waals surface area contributed by atoms with Gasteiger partial charge in [0.15, 0.2) is 0 Å². The molecule has 0 atom stereocenters. The smallest absolute Gasteiger partial charge is 0.253 e. The summed E-state index contributed by atoms with van der Waals surface area (Å²) in [5, 5.41) is 2.86. The van der Waals surface area contributed by atoms with Crippen LogP contribution in [0.2, 0.25) is 0 Å². The van der Waals surface area contributed by atoms with Gasteiger partial charge in [-0.05, 0) is 39.0 Å². The lowest BCUT2D eigenvalue weighted by atomic mass is 10.1. The molecule has 0 bridgehead atoms. The Morgan fingerprint density at radius 2 is 2.00 bits per heavy atom. The minimum Gasteiger partial charge on any atom is -0.398 e. The van der Waals surface area contributed by atoms with Gasteiger partial charge in [0.2, 0.25) is 0 Å². The van der Waals surface area contributed by atoms with Gasteiger partial charge in [-0.3, -0.25) is 4.79 Å². The van der Waals surface area contributed by atoms with Crippen LogP contribution < -0.4 is 11.1 Å². The van der Waals surface area contributed by atoms with Crippen LogP contribution in [-0.2, 0) is 0 Å². The quantitative estimate of drug-likeness (QED) is 0.771. The van der Waals surface area contributed by atoms with Crippen LogP contribution in [0.5, 0.6) is 0 Å². The molecule has 1 aromatic rings. The number of amides is 1. The van der Waals surface area contributed by atoms with Crippen molar-refractivity contribution in [2.75, 3.05) is 5.73 Å². The second-order valence-corrected chi connectivity index (χ2v) is 5.35. The Bertz CT molecular complexity index is 383. The van der Waals surface area contributed by atoms with E-state index < -0.39 is 0 Å². The number of hydrogen-bond acceptors (Lipinski definition) is 2. The molecule has 1 amide bonds. The van der Waals surface area contributed by atoms with Crippen molar-refractivity contribution in [2.45, 2.75) is 26.3 Å². The number of anilines is 1. The first-order valence-electron chi connectivity index (χ1n) is 4.67. The fraction of sp³-hybridized carbons (Fsp3) is 0.364. The largest absolute Gasteiger partial charge is 0.398 e. The van der Waals surface area contributed by atoms with E-state index in [-0.39, 0.29) is 11.4 Å². The number of hydrogen-bond donors (Lipinski definition) is 2. The lowest BCUT2D eigenvalue weighted by molar-refractivity contribution is 0.0920. The standard InChI is InChI=1S/C11H15BrN2O/c1-11(2,3)14-10(15)8-6-7(12)4-5-9(8)13/h4-6H,13H2,1-3H3,(H,14,15). The second-order valence-electron chi connectivity index (χ2n) is 4.44. The molecule has 1 aromatic carbocycles. The number of carbonyl (C=O) groups is 1. The van der Waals surface area contributed by atoms with Crippen molar-refractivity contribution in [1.82, 2.24) is 5.32 Å². The Hall–Kier alpha value is -1.03. The summed E-state index contributed by atoms with van der Waals surface area (Å²) in [6.07, 6.45) is 0. The molecule has 0 aliphatic heterocycles. The highest BCUT2D eigenvalue weighted by atomic mass is 79.9. The summed E-state index contributed by atoms with van der Waals surface area (Å²) in [5.41, 5.74) is 6.45. The van der Waals surface area contributed by atoms with Gasteiger partial charge in [0.05, 0.1) is 5.56 Å². The van der Waals surface area contributed by atoms with Crippen LogP contribution in [0.15, 0.2) is 22.7 Å². The molecule has 0 aromatic heterocycles. The lowest BCUT2D eigenvalue weighted by Gasteiger charge is -2.21. The first-order chi connectivity index (χ1) is 6.79. The van der Waals surface area contributed by atoms with Crippen molar-refractivity contribution in [2.24, 2.45) is 0 Å². The maximum atomic E-state index is 11.8. The molecule has 4 heteroatoms. The molecule has 0 unspecified atom stereocenters. The van der Waals surface area contributed by atoms with Crippen LogP contribution in [-0.4, -0.2) is 11.4 Å². The molecule has 82 valence electrons. The van der Waals surface area contributed by atoms with Crippen molar-refractivity contribution < 1.29 is 4.79 Å². The van der Waals surface area contributed by atoms with E-state index in [9.17, 15) is 4.79 Å². The summed E-state index contributed by atoms with van der Waals surface area (Å²) in [5.74, 6) is -0.152. The highest BCUT2D eigenvalue weighted by Gasteiger charge is 2.17. The summed E-state index contributed by atoms with van der Waals surface area (Å²) < 4.78 is 0.843. The summed E-state index contributed by atoms with van der Waals surface area (Å²) in [6.45, 7) is 5.79. The van der Waals surface area contributed by atoms with E-state index >= 15 is 0 Å². The van der Waals surface area contributed by atoms with Crippen molar-refractivity contribution >= 4 is 27.5 Å². The van der Waals surface area contributed by atoms with Crippen LogP contribution in [0, 0.1) is 0 Å². The van der Waals surface area contributed by atoms with Gasteiger partial charge in [0, 0.05) is 15.7 Å². The SMILES string of the molecule is CC(C)(C)NC(=O)c1cc(Br)ccc1N. The van der Waals surface area contributed by atoms with Gasteiger partial charge in [-0.15, -0.1) is 0 Å². The number of nitrogen functional groups attached to an aromatic ring is 1. The third-order valence-electron chi connectivity index (χ3n) is 1.75. The minimum absolute atomic E-state index is 0.152. The van der Waals surface area contributed by atoms with Gasteiger partial charge in [0.1, 0.15) is 0 Å². The van der Waals surface area contributed by atoms with Gasteiger partial charge in [-0.2, -0.15) is 0 Å². The molecule has 0 saturated heterocycles. The highest BCUT2D eigenvalue weighted by Crippen LogP contribution is 2.19. The fourth-order valence-corrected chi connectivity index (χ4v) is 1.49. The van der Waals surface area contributed by atoms with Crippen LogP contribution >= 0.6 is 15.9 Å². The van der Waals surface area contributed by atoms with E-state index in [4.69, 9.17) is 5.73 Å². The summed E-state index contributed by atoms with van der Waals surface area (Å²) in [6, 6.07) is 5.24. The van der Waals surface area contributed by atoms with Crippen molar-refractivity contribution in [1.29, 1.82) is 0 Å². The molecule has 0 spiro atoms. The molecular weight excluding hydrogens is 256 g/mol. The zero-order valence-electron chi connectivity index (χ0n) is 9.10. The molecule has 0 heterocycles. The van der Waals surface area contributed by atoms with Crippen molar-refractivity contribution in [3.63, 3.8) is 0 Å². The number of nitrogens with two attached hydrogens (primary N) is 1. The molecule has 0 aliphatic rings. The monoisotopic (exact) mass is 270 g/mol. The Kier molecular flexibility index (Phi) is 3.39. The maximum absolute atomic E-state index is 11.8. The molecule has 0 saturated carbocycles. The van der Waals surface area contributed by atoms with E-state index in [1.54, 1.807) is 12.1 Å². The predicted molar refractivity (Wildman–Crippen MR) is 65.8 cm³/mol. The third kappa shape index (κ3) is 3.55. The molecule has 0 radical (unpaired) electrons. The van der Waals surface area contributed by atoms with Gasteiger partial charge in [-0.1, -0.05) is 15.9 Å². The Morgan fingerprint density at radius 3 is 2.53 bits per heavy atom. The number of rotatable bonds is 1. The van der Waals surface area contributed by atoms with E-state index in [0.717, 1.165) is 4.47 Å². The topological polar surface area (TPSA) is 55.1 Å². The minimum atomic E-state index is -0.258. The van der Waals surface area contributed by atoms with E-state index in [2.05, 4.69) is 21.2 Å². The van der Waals surface area contributed by atoms with E-state index in [1.165, 1.54) is 0 Å². The van der Waals surface area contributed by atoms with Crippen LogP contribution in [0.25, 0.3) is 0 Å². The first kappa shape index (κ1) is 12.0. The third-order valence-corrected chi connectivity index (χ3v) is 2.24. The normalized spacial score (nSPS) is 11.2. The molecule has 15 heavy (non-hydrogen) atoms. The molecule has 3 nitrogen and oxygen atoms in total. The Balaban J connectivity index is 2.96. The predicted octanol–water partition coefficient (Wildman–Crippen LogP) is 2.56. The van der Waals surface area contributed by atoms with Gasteiger partial charge in [0.25, 0.3) is 5.91 Å². The summed E-state index contributed by atoms with van der Waals surface area (Å²) in [7, 11) is 0. The van der Waals surface area contributed by atoms with Gasteiger partial charge >= 0.3 is 0 Å². The molecule has 0 fully saturated rings. The molecule has 0 aliphatic carbocycles. The van der Waals surface area contributed by atoms with Gasteiger partial charge in [-0.25, -0.2) is 0 Å². The Morgan fingerprint density at radius 1 is 1.40 bits per heavy atom.